The molecule has 0 N–H and O–H groups in total. The highest BCUT2D eigenvalue weighted by Gasteiger charge is 2.55. The Labute approximate surface area is 157 Å². The number of carbonyl (C=O) groups is 1. The summed E-state index contributed by atoms with van der Waals surface area (Å²) in [6.45, 7) is 3.51. The SMILES string of the molecule is CC1(C)CC(=O)c2c(C(F)(F)F)nn(-c3ccc(F)cc3)c2C1(Br)Br. The van der Waals surface area contributed by atoms with Crippen molar-refractivity contribution in [2.75, 3.05) is 0 Å². The molecule has 0 aliphatic heterocycles. The highest BCUT2D eigenvalue weighted by molar-refractivity contribution is 9.24. The summed E-state index contributed by atoms with van der Waals surface area (Å²) in [5, 5.41) is 3.66. The summed E-state index contributed by atoms with van der Waals surface area (Å²) in [6.07, 6.45) is -4.88. The van der Waals surface area contributed by atoms with Crippen molar-refractivity contribution < 1.29 is 22.4 Å². The van der Waals surface area contributed by atoms with E-state index in [-0.39, 0.29) is 17.8 Å². The van der Waals surface area contributed by atoms with Crippen molar-refractivity contribution in [3.63, 3.8) is 0 Å². The zero-order chi connectivity index (χ0) is 18.8. The standard InChI is InChI=1S/C16H12Br2F4N2O/c1-14(2)7-10(25)11-12(16(20,21)22)23-24(13(11)15(14,17)18)9-5-3-8(19)4-6-9/h3-6H,7H2,1-2H3. The summed E-state index contributed by atoms with van der Waals surface area (Å²) >= 11 is 6.89. The first-order valence-corrected chi connectivity index (χ1v) is 8.82. The van der Waals surface area contributed by atoms with Gasteiger partial charge in [0.05, 0.1) is 16.9 Å². The van der Waals surface area contributed by atoms with Crippen LogP contribution in [0, 0.1) is 11.2 Å². The van der Waals surface area contributed by atoms with Crippen molar-refractivity contribution in [1.29, 1.82) is 0 Å². The fourth-order valence-electron chi connectivity index (χ4n) is 2.86. The van der Waals surface area contributed by atoms with Crippen LogP contribution in [0.1, 0.15) is 42.0 Å². The van der Waals surface area contributed by atoms with Gasteiger partial charge < -0.3 is 0 Å². The maximum atomic E-state index is 13.5. The number of benzene rings is 1. The lowest BCUT2D eigenvalue weighted by molar-refractivity contribution is -0.141. The van der Waals surface area contributed by atoms with E-state index in [1.54, 1.807) is 13.8 Å². The number of hydrogen-bond donors (Lipinski definition) is 0. The molecule has 1 aromatic carbocycles. The van der Waals surface area contributed by atoms with Crippen LogP contribution in [-0.2, 0) is 9.41 Å². The molecule has 3 rings (SSSR count). The van der Waals surface area contributed by atoms with Crippen molar-refractivity contribution in [2.45, 2.75) is 29.7 Å². The van der Waals surface area contributed by atoms with E-state index < -0.39 is 37.7 Å². The minimum Gasteiger partial charge on any atom is -0.294 e. The van der Waals surface area contributed by atoms with Crippen LogP contribution < -0.4 is 0 Å². The van der Waals surface area contributed by atoms with Gasteiger partial charge in [-0.15, -0.1) is 0 Å². The smallest absolute Gasteiger partial charge is 0.294 e. The van der Waals surface area contributed by atoms with Gasteiger partial charge in [0.1, 0.15) is 9.05 Å². The van der Waals surface area contributed by atoms with Gasteiger partial charge in [0.2, 0.25) is 0 Å². The summed E-state index contributed by atoms with van der Waals surface area (Å²) in [5.74, 6) is -1.16. The molecule has 0 amide bonds. The van der Waals surface area contributed by atoms with Gasteiger partial charge in [-0.05, 0) is 24.3 Å². The minimum absolute atomic E-state index is 0.0488. The molecule has 0 bridgehead atoms. The Morgan fingerprint density at radius 3 is 2.24 bits per heavy atom. The lowest BCUT2D eigenvalue weighted by atomic mass is 9.75. The van der Waals surface area contributed by atoms with Crippen LogP contribution in [0.2, 0.25) is 0 Å². The molecule has 0 radical (unpaired) electrons. The summed E-state index contributed by atoms with van der Waals surface area (Å²) in [6, 6.07) is 4.86. The van der Waals surface area contributed by atoms with Crippen molar-refractivity contribution in [1.82, 2.24) is 9.78 Å². The van der Waals surface area contributed by atoms with E-state index in [1.807, 2.05) is 0 Å². The number of fused-ring (bicyclic) bond motifs is 1. The van der Waals surface area contributed by atoms with Gasteiger partial charge in [-0.1, -0.05) is 45.7 Å². The number of carbonyl (C=O) groups excluding carboxylic acids is 1. The quantitative estimate of drug-likeness (QED) is 0.391. The molecule has 0 saturated carbocycles. The Morgan fingerprint density at radius 1 is 1.16 bits per heavy atom. The van der Waals surface area contributed by atoms with Crippen LogP contribution in [0.5, 0.6) is 0 Å². The molecule has 0 unspecified atom stereocenters. The zero-order valence-electron chi connectivity index (χ0n) is 13.1. The summed E-state index contributed by atoms with van der Waals surface area (Å²) in [5.41, 5.74) is -2.16. The van der Waals surface area contributed by atoms with E-state index in [0.29, 0.717) is 0 Å². The zero-order valence-corrected chi connectivity index (χ0v) is 16.3. The van der Waals surface area contributed by atoms with E-state index in [0.717, 1.165) is 16.8 Å². The van der Waals surface area contributed by atoms with Crippen LogP contribution >= 0.6 is 31.9 Å². The van der Waals surface area contributed by atoms with Crippen molar-refractivity contribution in [3.05, 3.63) is 47.0 Å². The van der Waals surface area contributed by atoms with Gasteiger partial charge in [-0.25, -0.2) is 9.07 Å². The van der Waals surface area contributed by atoms with E-state index in [1.165, 1.54) is 12.1 Å². The fraction of sp³-hybridized carbons (Fsp3) is 0.375. The number of halogens is 6. The average Bonchev–Trinajstić information content (AvgIpc) is 2.87. The molecule has 0 spiro atoms. The highest BCUT2D eigenvalue weighted by atomic mass is 79.9. The molecule has 25 heavy (non-hydrogen) atoms. The number of aromatic nitrogens is 2. The molecule has 0 fully saturated rings. The molecule has 1 heterocycles. The van der Waals surface area contributed by atoms with E-state index in [2.05, 4.69) is 37.0 Å². The molecule has 0 saturated heterocycles. The predicted octanol–water partition coefficient (Wildman–Crippen LogP) is 5.59. The highest BCUT2D eigenvalue weighted by Crippen LogP contribution is 2.59. The first-order chi connectivity index (χ1) is 11.4. The minimum atomic E-state index is -4.79. The maximum absolute atomic E-state index is 13.5. The van der Waals surface area contributed by atoms with Gasteiger partial charge >= 0.3 is 6.18 Å². The second-order valence-electron chi connectivity index (χ2n) is 6.52. The van der Waals surface area contributed by atoms with Gasteiger partial charge in [-0.3, -0.25) is 4.79 Å². The third-order valence-corrected chi connectivity index (χ3v) is 7.15. The van der Waals surface area contributed by atoms with Crippen LogP contribution in [0.15, 0.2) is 24.3 Å². The molecule has 1 aliphatic carbocycles. The molecule has 3 nitrogen and oxygen atoms in total. The molecule has 2 aromatic rings. The maximum Gasteiger partial charge on any atom is 0.435 e. The summed E-state index contributed by atoms with van der Waals surface area (Å²) in [7, 11) is 0. The Balaban J connectivity index is 2.39. The first-order valence-electron chi connectivity index (χ1n) is 7.24. The van der Waals surface area contributed by atoms with Crippen molar-refractivity contribution in [3.8, 4) is 5.69 Å². The van der Waals surface area contributed by atoms with Gasteiger partial charge in [-0.2, -0.15) is 18.3 Å². The normalized spacial score (nSPS) is 19.0. The molecular formula is C16H12Br2F4N2O. The van der Waals surface area contributed by atoms with Crippen LogP contribution in [0.25, 0.3) is 5.69 Å². The monoisotopic (exact) mass is 482 g/mol. The fourth-order valence-corrected chi connectivity index (χ4v) is 3.87. The second kappa shape index (κ2) is 5.64. The van der Waals surface area contributed by atoms with Crippen LogP contribution in [0.4, 0.5) is 17.6 Å². The van der Waals surface area contributed by atoms with Gasteiger partial charge in [0, 0.05) is 11.8 Å². The number of Topliss-reactive ketones (excluding diaryl/α,β-unsaturated/α-hetero) is 1. The first kappa shape index (κ1) is 18.6. The Kier molecular flexibility index (Phi) is 4.19. The Bertz CT molecular complexity index is 854. The second-order valence-corrected chi connectivity index (χ2v) is 9.96. The van der Waals surface area contributed by atoms with E-state index in [4.69, 9.17) is 0 Å². The number of nitrogens with zero attached hydrogens (tertiary/aromatic N) is 2. The predicted molar refractivity (Wildman–Crippen MR) is 90.8 cm³/mol. The molecule has 0 atom stereocenters. The van der Waals surface area contributed by atoms with Crippen molar-refractivity contribution in [2.24, 2.45) is 5.41 Å². The Hall–Kier alpha value is -1.22. The van der Waals surface area contributed by atoms with Gasteiger partial charge in [0.25, 0.3) is 0 Å². The van der Waals surface area contributed by atoms with Crippen LogP contribution in [-0.4, -0.2) is 15.6 Å². The molecule has 1 aliphatic rings. The lowest BCUT2D eigenvalue weighted by Crippen LogP contribution is -2.40. The molecule has 1 aromatic heterocycles. The number of ketones is 1. The lowest BCUT2D eigenvalue weighted by Gasteiger charge is -2.41. The molecule has 9 heteroatoms. The third-order valence-electron chi connectivity index (χ3n) is 4.25. The van der Waals surface area contributed by atoms with Crippen LogP contribution in [0.3, 0.4) is 0 Å². The van der Waals surface area contributed by atoms with Crippen molar-refractivity contribution >= 4 is 37.6 Å². The van der Waals surface area contributed by atoms with E-state index in [9.17, 15) is 22.4 Å². The Morgan fingerprint density at radius 2 is 1.72 bits per heavy atom. The summed E-state index contributed by atoms with van der Waals surface area (Å²) in [4.78, 5) is 12.5. The summed E-state index contributed by atoms with van der Waals surface area (Å²) < 4.78 is 53.5. The largest absolute Gasteiger partial charge is 0.435 e. The number of rotatable bonds is 1. The third kappa shape index (κ3) is 2.85. The number of hydrogen-bond acceptors (Lipinski definition) is 2. The topological polar surface area (TPSA) is 34.9 Å². The number of alkyl halides is 5. The average molecular weight is 484 g/mol. The molecular weight excluding hydrogens is 472 g/mol. The molecule has 134 valence electrons. The van der Waals surface area contributed by atoms with Gasteiger partial charge in [0.15, 0.2) is 11.5 Å². The van der Waals surface area contributed by atoms with E-state index >= 15 is 0 Å².